The fourth-order valence-corrected chi connectivity index (χ4v) is 1.94. The van der Waals surface area contributed by atoms with Crippen molar-refractivity contribution in [3.8, 4) is 0 Å². The summed E-state index contributed by atoms with van der Waals surface area (Å²) in [5, 5.41) is 22.5. The fourth-order valence-electron chi connectivity index (χ4n) is 1.94. The Hall–Kier alpha value is -3.22. The summed E-state index contributed by atoms with van der Waals surface area (Å²) in [5.41, 5.74) is 1.51. The number of nitrogens with one attached hydrogen (secondary N) is 1. The Morgan fingerprint density at radius 1 is 1.32 bits per heavy atom. The number of furan rings is 1. The molecule has 1 aromatic carbocycles. The van der Waals surface area contributed by atoms with Gasteiger partial charge in [0.2, 0.25) is 11.6 Å². The molecule has 0 spiro atoms. The lowest BCUT2D eigenvalue weighted by molar-refractivity contribution is 0.103. The minimum Gasteiger partial charge on any atom is -0.507 e. The van der Waals surface area contributed by atoms with Crippen molar-refractivity contribution in [2.45, 2.75) is 6.42 Å². The van der Waals surface area contributed by atoms with E-state index in [4.69, 9.17) is 4.42 Å². The Kier molecular flexibility index (Phi) is 3.78. The van der Waals surface area contributed by atoms with Crippen LogP contribution in [0.15, 0.2) is 53.2 Å². The van der Waals surface area contributed by atoms with Crippen LogP contribution in [0, 0.1) is 0 Å². The van der Waals surface area contributed by atoms with Crippen molar-refractivity contribution in [1.82, 2.24) is 20.6 Å². The number of carbonyl (C=O) groups is 1. The standard InChI is InChI=1S/C15H12N4O3/c20-13(8-14(21)15-16-18-19-17-15)11-7-12(22-9-11)6-10-4-2-1-3-5-10/h1-5,7-9,20H,6H2,(H,16,17,18,19). The molecule has 110 valence electrons. The number of H-pyrrole nitrogens is 1. The van der Waals surface area contributed by atoms with Crippen LogP contribution >= 0.6 is 0 Å². The number of aromatic nitrogens is 4. The summed E-state index contributed by atoms with van der Waals surface area (Å²) in [4.78, 5) is 11.7. The SMILES string of the molecule is O=C(C=C(O)c1coc(Cc2ccccc2)c1)c1nn[nH]n1. The van der Waals surface area contributed by atoms with Gasteiger partial charge < -0.3 is 9.52 Å². The average molecular weight is 296 g/mol. The lowest BCUT2D eigenvalue weighted by Crippen LogP contribution is -1.99. The first-order valence-corrected chi connectivity index (χ1v) is 6.52. The van der Waals surface area contributed by atoms with Crippen molar-refractivity contribution >= 4 is 11.5 Å². The number of carbonyl (C=O) groups excluding carboxylic acids is 1. The molecule has 0 saturated heterocycles. The monoisotopic (exact) mass is 296 g/mol. The van der Waals surface area contributed by atoms with Crippen molar-refractivity contribution in [2.24, 2.45) is 0 Å². The minimum atomic E-state index is -0.544. The number of nitrogens with zero attached hydrogens (tertiary/aromatic N) is 3. The van der Waals surface area contributed by atoms with E-state index in [2.05, 4.69) is 20.6 Å². The molecular weight excluding hydrogens is 284 g/mol. The third-order valence-corrected chi connectivity index (χ3v) is 3.00. The maximum atomic E-state index is 11.7. The number of aliphatic hydroxyl groups is 1. The number of hydrogen-bond acceptors (Lipinski definition) is 6. The number of aliphatic hydroxyl groups excluding tert-OH is 1. The van der Waals surface area contributed by atoms with Gasteiger partial charge in [-0.2, -0.15) is 5.21 Å². The van der Waals surface area contributed by atoms with E-state index in [0.29, 0.717) is 17.7 Å². The quantitative estimate of drug-likeness (QED) is 0.424. The van der Waals surface area contributed by atoms with E-state index >= 15 is 0 Å². The topological polar surface area (TPSA) is 105 Å². The molecule has 0 aliphatic heterocycles. The van der Waals surface area contributed by atoms with Gasteiger partial charge in [0.25, 0.3) is 0 Å². The number of hydrogen-bond donors (Lipinski definition) is 2. The number of ketones is 1. The number of rotatable bonds is 5. The first kappa shape index (κ1) is 13.7. The van der Waals surface area contributed by atoms with Crippen LogP contribution < -0.4 is 0 Å². The van der Waals surface area contributed by atoms with Gasteiger partial charge in [-0.15, -0.1) is 10.2 Å². The number of allylic oxidation sites excluding steroid dienone is 1. The van der Waals surface area contributed by atoms with Crippen molar-refractivity contribution in [1.29, 1.82) is 0 Å². The molecule has 0 unspecified atom stereocenters. The molecule has 0 bridgehead atoms. The highest BCUT2D eigenvalue weighted by atomic mass is 16.3. The Labute approximate surface area is 125 Å². The van der Waals surface area contributed by atoms with E-state index in [1.807, 2.05) is 30.3 Å². The highest BCUT2D eigenvalue weighted by Gasteiger charge is 2.12. The van der Waals surface area contributed by atoms with Gasteiger partial charge >= 0.3 is 0 Å². The smallest absolute Gasteiger partial charge is 0.244 e. The summed E-state index contributed by atoms with van der Waals surface area (Å²) in [6.07, 6.45) is 3.03. The van der Waals surface area contributed by atoms with Crippen LogP contribution in [0.5, 0.6) is 0 Å². The molecule has 0 aliphatic rings. The highest BCUT2D eigenvalue weighted by Crippen LogP contribution is 2.18. The summed E-state index contributed by atoms with van der Waals surface area (Å²) in [5.74, 6) is -0.178. The maximum absolute atomic E-state index is 11.7. The van der Waals surface area contributed by atoms with Gasteiger partial charge in [0.05, 0.1) is 5.56 Å². The van der Waals surface area contributed by atoms with Gasteiger partial charge in [-0.05, 0) is 16.8 Å². The normalized spacial score (nSPS) is 11.5. The van der Waals surface area contributed by atoms with Crippen molar-refractivity contribution in [3.63, 3.8) is 0 Å². The molecule has 7 heteroatoms. The number of aromatic amines is 1. The molecule has 3 rings (SSSR count). The molecule has 2 heterocycles. The van der Waals surface area contributed by atoms with E-state index in [0.717, 1.165) is 11.6 Å². The van der Waals surface area contributed by atoms with Crippen LogP contribution in [0.4, 0.5) is 0 Å². The second-order valence-corrected chi connectivity index (χ2v) is 4.59. The summed E-state index contributed by atoms with van der Waals surface area (Å²) in [7, 11) is 0. The van der Waals surface area contributed by atoms with Crippen LogP contribution in [0.25, 0.3) is 5.76 Å². The molecule has 0 aliphatic carbocycles. The van der Waals surface area contributed by atoms with Gasteiger partial charge in [0.1, 0.15) is 17.8 Å². The largest absolute Gasteiger partial charge is 0.507 e. The van der Waals surface area contributed by atoms with Gasteiger partial charge in [-0.3, -0.25) is 4.79 Å². The molecule has 22 heavy (non-hydrogen) atoms. The summed E-state index contributed by atoms with van der Waals surface area (Å²) >= 11 is 0. The minimum absolute atomic E-state index is 0.112. The van der Waals surface area contributed by atoms with E-state index in [1.54, 1.807) is 6.07 Å². The highest BCUT2D eigenvalue weighted by molar-refractivity contribution is 6.05. The second kappa shape index (κ2) is 6.04. The molecule has 0 atom stereocenters. The van der Waals surface area contributed by atoms with E-state index in [9.17, 15) is 9.90 Å². The number of benzene rings is 1. The molecule has 3 aromatic rings. The Morgan fingerprint density at radius 3 is 2.86 bits per heavy atom. The lowest BCUT2D eigenvalue weighted by atomic mass is 10.1. The molecule has 7 nitrogen and oxygen atoms in total. The fraction of sp³-hybridized carbons (Fsp3) is 0.0667. The first-order chi connectivity index (χ1) is 10.7. The van der Waals surface area contributed by atoms with E-state index < -0.39 is 5.78 Å². The summed E-state index contributed by atoms with van der Waals surface area (Å²) < 4.78 is 5.40. The third-order valence-electron chi connectivity index (χ3n) is 3.00. The van der Waals surface area contributed by atoms with Gasteiger partial charge in [0, 0.05) is 12.5 Å². The van der Waals surface area contributed by atoms with Crippen LogP contribution in [0.2, 0.25) is 0 Å². The Bertz CT molecular complexity index is 791. The average Bonchev–Trinajstić information content (AvgIpc) is 3.19. The van der Waals surface area contributed by atoms with Gasteiger partial charge in [-0.25, -0.2) is 0 Å². The summed E-state index contributed by atoms with van der Waals surface area (Å²) in [6.45, 7) is 0. The molecule has 0 fully saturated rings. The zero-order valence-corrected chi connectivity index (χ0v) is 11.4. The Balaban J connectivity index is 1.74. The van der Waals surface area contributed by atoms with Crippen LogP contribution in [0.1, 0.15) is 27.5 Å². The number of tetrazole rings is 1. The molecule has 2 N–H and O–H groups in total. The molecule has 0 saturated carbocycles. The summed E-state index contributed by atoms with van der Waals surface area (Å²) in [6, 6.07) is 11.5. The molecule has 0 radical (unpaired) electrons. The maximum Gasteiger partial charge on any atom is 0.244 e. The zero-order valence-electron chi connectivity index (χ0n) is 11.4. The van der Waals surface area contributed by atoms with E-state index in [1.165, 1.54) is 6.26 Å². The molecular formula is C15H12N4O3. The van der Waals surface area contributed by atoms with Gasteiger partial charge in [0.15, 0.2) is 0 Å². The predicted octanol–water partition coefficient (Wildman–Crippen LogP) is 2.17. The van der Waals surface area contributed by atoms with Crippen LogP contribution in [-0.2, 0) is 6.42 Å². The molecule has 2 aromatic heterocycles. The Morgan fingerprint density at radius 2 is 2.14 bits per heavy atom. The lowest BCUT2D eigenvalue weighted by Gasteiger charge is -1.96. The second-order valence-electron chi connectivity index (χ2n) is 4.59. The van der Waals surface area contributed by atoms with E-state index in [-0.39, 0.29) is 11.6 Å². The van der Waals surface area contributed by atoms with Crippen molar-refractivity contribution in [2.75, 3.05) is 0 Å². The van der Waals surface area contributed by atoms with Crippen LogP contribution in [0.3, 0.4) is 0 Å². The first-order valence-electron chi connectivity index (χ1n) is 6.52. The van der Waals surface area contributed by atoms with Gasteiger partial charge in [-0.1, -0.05) is 30.3 Å². The van der Waals surface area contributed by atoms with Crippen molar-refractivity contribution in [3.05, 3.63) is 71.4 Å². The molecule has 0 amide bonds. The van der Waals surface area contributed by atoms with Crippen LogP contribution in [-0.4, -0.2) is 31.5 Å². The van der Waals surface area contributed by atoms with Crippen molar-refractivity contribution < 1.29 is 14.3 Å². The zero-order chi connectivity index (χ0) is 15.4. The predicted molar refractivity (Wildman–Crippen MR) is 77.1 cm³/mol. The third kappa shape index (κ3) is 3.09.